The molecule has 2 aromatic heterocycles. The fraction of sp³-hybridized carbons (Fsp3) is 0.0667. The molecule has 2 heterocycles. The zero-order valence-corrected chi connectivity index (χ0v) is 11.9. The van der Waals surface area contributed by atoms with E-state index < -0.39 is 9.84 Å². The van der Waals surface area contributed by atoms with Crippen LogP contribution in [0.4, 0.5) is 5.69 Å². The molecule has 5 nitrogen and oxygen atoms in total. The van der Waals surface area contributed by atoms with Gasteiger partial charge in [0.15, 0.2) is 5.03 Å². The Hall–Kier alpha value is -2.47. The van der Waals surface area contributed by atoms with Gasteiger partial charge in [-0.2, -0.15) is 0 Å². The second-order valence-corrected chi connectivity index (χ2v) is 6.55. The van der Waals surface area contributed by atoms with Gasteiger partial charge in [-0.1, -0.05) is 24.3 Å². The number of hydrogen-bond donors (Lipinski definition) is 1. The number of rotatable bonds is 3. The molecule has 0 amide bonds. The monoisotopic (exact) mass is 299 g/mol. The topological polar surface area (TPSA) is 85.9 Å². The van der Waals surface area contributed by atoms with Crippen molar-refractivity contribution >= 4 is 26.4 Å². The third kappa shape index (κ3) is 2.57. The van der Waals surface area contributed by atoms with Crippen molar-refractivity contribution in [3.63, 3.8) is 0 Å². The van der Waals surface area contributed by atoms with Gasteiger partial charge in [-0.05, 0) is 23.8 Å². The minimum absolute atomic E-state index is 0.0852. The quantitative estimate of drug-likeness (QED) is 0.801. The molecule has 0 spiro atoms. The van der Waals surface area contributed by atoms with E-state index in [-0.39, 0.29) is 16.5 Å². The van der Waals surface area contributed by atoms with Crippen LogP contribution >= 0.6 is 0 Å². The molecule has 0 radical (unpaired) electrons. The van der Waals surface area contributed by atoms with Crippen molar-refractivity contribution in [1.29, 1.82) is 0 Å². The number of para-hydroxylation sites is 1. The SMILES string of the molecule is Nc1cccnc1S(=O)(=O)Cc1cccc2cccnc12. The average molecular weight is 299 g/mol. The van der Waals surface area contributed by atoms with Gasteiger partial charge in [0.2, 0.25) is 9.84 Å². The summed E-state index contributed by atoms with van der Waals surface area (Å²) in [5, 5.41) is 0.817. The van der Waals surface area contributed by atoms with Crippen molar-refractivity contribution in [2.45, 2.75) is 10.8 Å². The maximum absolute atomic E-state index is 12.5. The smallest absolute Gasteiger partial charge is 0.201 e. The van der Waals surface area contributed by atoms with Gasteiger partial charge >= 0.3 is 0 Å². The lowest BCUT2D eigenvalue weighted by atomic mass is 10.1. The predicted molar refractivity (Wildman–Crippen MR) is 81.3 cm³/mol. The fourth-order valence-corrected chi connectivity index (χ4v) is 3.65. The molecule has 0 atom stereocenters. The Labute approximate surface area is 122 Å². The minimum atomic E-state index is -3.61. The van der Waals surface area contributed by atoms with Crippen LogP contribution in [0.15, 0.2) is 59.9 Å². The van der Waals surface area contributed by atoms with Crippen LogP contribution in [0.3, 0.4) is 0 Å². The van der Waals surface area contributed by atoms with E-state index in [1.54, 1.807) is 18.3 Å². The molecular weight excluding hydrogens is 286 g/mol. The summed E-state index contributed by atoms with van der Waals surface area (Å²) in [7, 11) is -3.61. The van der Waals surface area contributed by atoms with Crippen molar-refractivity contribution in [3.8, 4) is 0 Å². The minimum Gasteiger partial charge on any atom is -0.396 e. The van der Waals surface area contributed by atoms with Gasteiger partial charge in [0.05, 0.1) is 17.0 Å². The molecule has 3 rings (SSSR count). The van der Waals surface area contributed by atoms with E-state index in [0.717, 1.165) is 5.39 Å². The maximum atomic E-state index is 12.5. The number of pyridine rings is 2. The summed E-state index contributed by atoms with van der Waals surface area (Å²) in [6.45, 7) is 0. The Kier molecular flexibility index (Phi) is 3.31. The predicted octanol–water partition coefficient (Wildman–Crippen LogP) is 2.19. The zero-order chi connectivity index (χ0) is 14.9. The summed E-state index contributed by atoms with van der Waals surface area (Å²) in [5.74, 6) is -0.178. The van der Waals surface area contributed by atoms with Crippen molar-refractivity contribution in [2.75, 3.05) is 5.73 Å². The van der Waals surface area contributed by atoms with Crippen LogP contribution in [0, 0.1) is 0 Å². The third-order valence-corrected chi connectivity index (χ3v) is 4.78. The van der Waals surface area contributed by atoms with Crippen LogP contribution in [-0.4, -0.2) is 18.4 Å². The number of nitrogen functional groups attached to an aromatic ring is 1. The number of anilines is 1. The van der Waals surface area contributed by atoms with Gasteiger partial charge < -0.3 is 5.73 Å². The molecule has 3 aromatic rings. The van der Waals surface area contributed by atoms with E-state index in [4.69, 9.17) is 5.73 Å². The van der Waals surface area contributed by atoms with Gasteiger partial charge in [-0.25, -0.2) is 13.4 Å². The number of hydrogen-bond acceptors (Lipinski definition) is 5. The lowest BCUT2D eigenvalue weighted by Gasteiger charge is -2.08. The summed E-state index contributed by atoms with van der Waals surface area (Å²) in [6, 6.07) is 12.3. The van der Waals surface area contributed by atoms with E-state index in [0.29, 0.717) is 11.1 Å². The standard InChI is InChI=1S/C15H13N3O2S/c16-13-7-3-9-18-15(13)21(19,20)10-12-5-1-4-11-6-2-8-17-14(11)12/h1-9H,10,16H2. The summed E-state index contributed by atoms with van der Waals surface area (Å²) in [6.07, 6.45) is 3.07. The molecule has 0 saturated heterocycles. The molecule has 1 aromatic carbocycles. The highest BCUT2D eigenvalue weighted by Crippen LogP contribution is 2.23. The number of aromatic nitrogens is 2. The van der Waals surface area contributed by atoms with Crippen LogP contribution < -0.4 is 5.73 Å². The van der Waals surface area contributed by atoms with Crippen molar-refractivity contribution in [3.05, 3.63) is 60.4 Å². The molecule has 0 bridgehead atoms. The molecule has 6 heteroatoms. The van der Waals surface area contributed by atoms with Crippen molar-refractivity contribution in [1.82, 2.24) is 9.97 Å². The van der Waals surface area contributed by atoms with Crippen LogP contribution in [-0.2, 0) is 15.6 Å². The molecular formula is C15H13N3O2S. The highest BCUT2D eigenvalue weighted by Gasteiger charge is 2.21. The highest BCUT2D eigenvalue weighted by molar-refractivity contribution is 7.90. The van der Waals surface area contributed by atoms with E-state index in [9.17, 15) is 8.42 Å². The maximum Gasteiger partial charge on any atom is 0.201 e. The van der Waals surface area contributed by atoms with Gasteiger partial charge in [0.1, 0.15) is 0 Å². The first-order chi connectivity index (χ1) is 10.1. The Morgan fingerprint density at radius 2 is 1.67 bits per heavy atom. The molecule has 106 valence electrons. The van der Waals surface area contributed by atoms with E-state index in [1.807, 2.05) is 24.3 Å². The summed E-state index contributed by atoms with van der Waals surface area (Å²) in [4.78, 5) is 8.16. The lowest BCUT2D eigenvalue weighted by Crippen LogP contribution is -2.10. The molecule has 21 heavy (non-hydrogen) atoms. The molecule has 2 N–H and O–H groups in total. The van der Waals surface area contributed by atoms with Gasteiger partial charge in [0, 0.05) is 17.8 Å². The Morgan fingerprint density at radius 3 is 2.48 bits per heavy atom. The Bertz CT molecular complexity index is 902. The van der Waals surface area contributed by atoms with E-state index >= 15 is 0 Å². The molecule has 0 aliphatic carbocycles. The summed E-state index contributed by atoms with van der Waals surface area (Å²) >= 11 is 0. The number of benzene rings is 1. The second kappa shape index (κ2) is 5.14. The van der Waals surface area contributed by atoms with Gasteiger partial charge in [0.25, 0.3) is 0 Å². The largest absolute Gasteiger partial charge is 0.396 e. The zero-order valence-electron chi connectivity index (χ0n) is 11.1. The normalized spacial score (nSPS) is 11.6. The molecule has 0 saturated carbocycles. The van der Waals surface area contributed by atoms with Crippen LogP contribution in [0.5, 0.6) is 0 Å². The van der Waals surface area contributed by atoms with Crippen LogP contribution in [0.2, 0.25) is 0 Å². The summed E-state index contributed by atoms with van der Waals surface area (Å²) in [5.41, 5.74) is 7.19. The molecule has 0 aliphatic heterocycles. The number of fused-ring (bicyclic) bond motifs is 1. The molecule has 0 unspecified atom stereocenters. The average Bonchev–Trinajstić information content (AvgIpc) is 2.47. The van der Waals surface area contributed by atoms with Gasteiger partial charge in [-0.15, -0.1) is 0 Å². The van der Waals surface area contributed by atoms with Crippen LogP contribution in [0.1, 0.15) is 5.56 Å². The number of nitrogens with zero attached hydrogens (tertiary/aromatic N) is 2. The van der Waals surface area contributed by atoms with Gasteiger partial charge in [-0.3, -0.25) is 4.98 Å². The van der Waals surface area contributed by atoms with Crippen LogP contribution in [0.25, 0.3) is 10.9 Å². The highest BCUT2D eigenvalue weighted by atomic mass is 32.2. The Morgan fingerprint density at radius 1 is 0.952 bits per heavy atom. The third-order valence-electron chi connectivity index (χ3n) is 3.16. The first kappa shape index (κ1) is 13.5. The molecule has 0 aliphatic rings. The number of sulfone groups is 1. The van der Waals surface area contributed by atoms with E-state index in [1.165, 1.54) is 12.3 Å². The summed E-state index contributed by atoms with van der Waals surface area (Å²) < 4.78 is 25.0. The van der Waals surface area contributed by atoms with Crippen molar-refractivity contribution in [2.24, 2.45) is 0 Å². The molecule has 0 fully saturated rings. The van der Waals surface area contributed by atoms with Crippen molar-refractivity contribution < 1.29 is 8.42 Å². The fourth-order valence-electron chi connectivity index (χ4n) is 2.22. The lowest BCUT2D eigenvalue weighted by molar-refractivity contribution is 0.592. The van der Waals surface area contributed by atoms with E-state index in [2.05, 4.69) is 9.97 Å². The first-order valence-corrected chi connectivity index (χ1v) is 7.99. The second-order valence-electron chi connectivity index (χ2n) is 4.65. The first-order valence-electron chi connectivity index (χ1n) is 6.34. The Balaban J connectivity index is 2.08. The number of nitrogens with two attached hydrogens (primary N) is 1.